The van der Waals surface area contributed by atoms with Crippen LogP contribution in [0.2, 0.25) is 0 Å². The summed E-state index contributed by atoms with van der Waals surface area (Å²) in [5, 5.41) is 19.1. The maximum atomic E-state index is 12.3. The predicted molar refractivity (Wildman–Crippen MR) is 84.3 cm³/mol. The van der Waals surface area contributed by atoms with Gasteiger partial charge in [-0.05, 0) is 30.3 Å². The smallest absolute Gasteiger partial charge is 0.253 e. The Labute approximate surface area is 139 Å². The van der Waals surface area contributed by atoms with Gasteiger partial charge < -0.3 is 14.8 Å². The van der Waals surface area contributed by atoms with E-state index in [1.807, 2.05) is 0 Å². The minimum atomic E-state index is -0.268. The second-order valence-electron chi connectivity index (χ2n) is 5.37. The summed E-state index contributed by atoms with van der Waals surface area (Å²) in [5.41, 5.74) is 1.01. The van der Waals surface area contributed by atoms with Gasteiger partial charge >= 0.3 is 0 Å². The van der Waals surface area contributed by atoms with Crippen LogP contribution in [0.4, 0.5) is 0 Å². The molecule has 0 radical (unpaired) electrons. The first kappa shape index (κ1) is 15.9. The van der Waals surface area contributed by atoms with Gasteiger partial charge in [0.05, 0.1) is 48.8 Å². The minimum Gasteiger partial charge on any atom is -0.488 e. The molecule has 7 heteroatoms. The van der Waals surface area contributed by atoms with Crippen molar-refractivity contribution in [1.29, 1.82) is 5.26 Å². The lowest BCUT2D eigenvalue weighted by molar-refractivity contribution is -0.00289. The van der Waals surface area contributed by atoms with Crippen molar-refractivity contribution in [3.05, 3.63) is 53.9 Å². The van der Waals surface area contributed by atoms with Crippen LogP contribution in [0.3, 0.4) is 0 Å². The second-order valence-corrected chi connectivity index (χ2v) is 5.37. The Hall–Kier alpha value is -2.98. The van der Waals surface area contributed by atoms with E-state index >= 15 is 0 Å². The van der Waals surface area contributed by atoms with Gasteiger partial charge in [-0.1, -0.05) is 0 Å². The van der Waals surface area contributed by atoms with E-state index in [0.29, 0.717) is 36.5 Å². The van der Waals surface area contributed by atoms with E-state index in [9.17, 15) is 4.79 Å². The molecule has 2 aromatic rings. The Morgan fingerprint density at radius 3 is 2.83 bits per heavy atom. The van der Waals surface area contributed by atoms with Crippen molar-refractivity contribution < 1.29 is 14.3 Å². The highest BCUT2D eigenvalue weighted by atomic mass is 16.5. The van der Waals surface area contributed by atoms with Gasteiger partial charge in [0.2, 0.25) is 0 Å². The Bertz CT molecular complexity index is 728. The van der Waals surface area contributed by atoms with Gasteiger partial charge in [-0.3, -0.25) is 4.79 Å². The zero-order valence-corrected chi connectivity index (χ0v) is 12.9. The number of carbonyl (C=O) groups is 1. The van der Waals surface area contributed by atoms with Crippen LogP contribution in [-0.2, 0) is 4.74 Å². The molecule has 1 aliphatic rings. The average molecular weight is 324 g/mol. The standard InChI is InChI=1S/C17H16N4O3/c18-9-12-1-3-14(4-2-12)24-16-6-8-23-11-15(16)21-17(22)13-5-7-19-20-10-13/h1-5,7,10,15-16H,6,8,11H2,(H,21,22)/t15-,16-/m1/s1. The van der Waals surface area contributed by atoms with Gasteiger partial charge in [0, 0.05) is 6.42 Å². The first-order chi connectivity index (χ1) is 11.8. The van der Waals surface area contributed by atoms with E-state index in [1.165, 1.54) is 12.4 Å². The van der Waals surface area contributed by atoms with Crippen LogP contribution in [0.1, 0.15) is 22.3 Å². The fourth-order valence-corrected chi connectivity index (χ4v) is 2.45. The van der Waals surface area contributed by atoms with Gasteiger partial charge in [-0.15, -0.1) is 0 Å². The topological polar surface area (TPSA) is 97.1 Å². The molecule has 2 heterocycles. The number of carbonyl (C=O) groups excluding carboxylic acids is 1. The van der Waals surface area contributed by atoms with Crippen LogP contribution in [0.15, 0.2) is 42.7 Å². The van der Waals surface area contributed by atoms with Crippen LogP contribution in [0.5, 0.6) is 5.75 Å². The summed E-state index contributed by atoms with van der Waals surface area (Å²) in [5.74, 6) is 0.416. The maximum Gasteiger partial charge on any atom is 0.253 e. The third-order valence-electron chi connectivity index (χ3n) is 3.73. The van der Waals surface area contributed by atoms with Crippen molar-refractivity contribution >= 4 is 5.91 Å². The highest BCUT2D eigenvalue weighted by molar-refractivity contribution is 5.93. The van der Waals surface area contributed by atoms with Crippen molar-refractivity contribution in [1.82, 2.24) is 15.5 Å². The molecule has 1 aromatic heterocycles. The van der Waals surface area contributed by atoms with Gasteiger partial charge in [-0.2, -0.15) is 15.5 Å². The number of hydrogen-bond donors (Lipinski definition) is 1. The van der Waals surface area contributed by atoms with E-state index in [-0.39, 0.29) is 18.1 Å². The SMILES string of the molecule is N#Cc1ccc(O[C@@H]2CCOC[C@H]2NC(=O)c2ccnnc2)cc1. The molecule has 1 fully saturated rings. The highest BCUT2D eigenvalue weighted by Crippen LogP contribution is 2.19. The molecule has 1 amide bonds. The van der Waals surface area contributed by atoms with Gasteiger partial charge in [-0.25, -0.2) is 0 Å². The van der Waals surface area contributed by atoms with Crippen LogP contribution < -0.4 is 10.1 Å². The van der Waals surface area contributed by atoms with Crippen molar-refractivity contribution in [3.8, 4) is 11.8 Å². The largest absolute Gasteiger partial charge is 0.488 e. The van der Waals surface area contributed by atoms with Crippen LogP contribution in [-0.4, -0.2) is 41.5 Å². The van der Waals surface area contributed by atoms with Crippen LogP contribution in [0.25, 0.3) is 0 Å². The number of hydrogen-bond acceptors (Lipinski definition) is 6. The number of ether oxygens (including phenoxy) is 2. The molecule has 1 aliphatic heterocycles. The molecule has 122 valence electrons. The second kappa shape index (κ2) is 7.53. The number of nitriles is 1. The van der Waals surface area contributed by atoms with Crippen molar-refractivity contribution in [2.45, 2.75) is 18.6 Å². The molecule has 3 rings (SSSR count). The van der Waals surface area contributed by atoms with E-state index < -0.39 is 0 Å². The van der Waals surface area contributed by atoms with Gasteiger partial charge in [0.25, 0.3) is 5.91 Å². The fraction of sp³-hybridized carbons (Fsp3) is 0.294. The predicted octanol–water partition coefficient (Wildman–Crippen LogP) is 1.31. The molecule has 0 saturated carbocycles. The summed E-state index contributed by atoms with van der Waals surface area (Å²) < 4.78 is 11.4. The maximum absolute atomic E-state index is 12.3. The highest BCUT2D eigenvalue weighted by Gasteiger charge is 2.29. The fourth-order valence-electron chi connectivity index (χ4n) is 2.45. The molecule has 0 spiro atoms. The number of benzene rings is 1. The van der Waals surface area contributed by atoms with Crippen LogP contribution >= 0.6 is 0 Å². The van der Waals surface area contributed by atoms with Crippen molar-refractivity contribution in [2.24, 2.45) is 0 Å². The van der Waals surface area contributed by atoms with Gasteiger partial charge in [0.15, 0.2) is 0 Å². The molecular formula is C17H16N4O3. The normalized spacial score (nSPS) is 20.0. The molecule has 24 heavy (non-hydrogen) atoms. The first-order valence-electron chi connectivity index (χ1n) is 7.58. The number of nitrogens with zero attached hydrogens (tertiary/aromatic N) is 3. The first-order valence-corrected chi connectivity index (χ1v) is 7.58. The number of aromatic nitrogens is 2. The number of rotatable bonds is 4. The van der Waals surface area contributed by atoms with E-state index in [4.69, 9.17) is 14.7 Å². The summed E-state index contributed by atoms with van der Waals surface area (Å²) >= 11 is 0. The summed E-state index contributed by atoms with van der Waals surface area (Å²) in [6, 6.07) is 10.3. The zero-order chi connectivity index (χ0) is 16.8. The van der Waals surface area contributed by atoms with E-state index in [0.717, 1.165) is 0 Å². The zero-order valence-electron chi connectivity index (χ0n) is 12.9. The lowest BCUT2D eigenvalue weighted by Crippen LogP contribution is -2.51. The van der Waals surface area contributed by atoms with E-state index in [1.54, 1.807) is 30.3 Å². The summed E-state index contributed by atoms with van der Waals surface area (Å²) in [6.45, 7) is 0.954. The number of nitrogens with one attached hydrogen (secondary N) is 1. The minimum absolute atomic E-state index is 0.203. The molecule has 1 N–H and O–H groups in total. The monoisotopic (exact) mass is 324 g/mol. The Balaban J connectivity index is 1.66. The molecule has 0 aliphatic carbocycles. The molecule has 1 aromatic carbocycles. The Kier molecular flexibility index (Phi) is 4.99. The summed E-state index contributed by atoms with van der Waals surface area (Å²) in [7, 11) is 0. The van der Waals surface area contributed by atoms with Gasteiger partial charge in [0.1, 0.15) is 11.9 Å². The van der Waals surface area contributed by atoms with Crippen molar-refractivity contribution in [2.75, 3.05) is 13.2 Å². The Morgan fingerprint density at radius 1 is 1.29 bits per heavy atom. The lowest BCUT2D eigenvalue weighted by atomic mass is 10.1. The lowest BCUT2D eigenvalue weighted by Gasteiger charge is -2.32. The molecule has 0 unspecified atom stereocenters. The third-order valence-corrected chi connectivity index (χ3v) is 3.73. The summed E-state index contributed by atoms with van der Waals surface area (Å²) in [6.07, 6.45) is 3.34. The van der Waals surface area contributed by atoms with E-state index in [2.05, 4.69) is 21.6 Å². The quantitative estimate of drug-likeness (QED) is 0.911. The average Bonchev–Trinajstić information content (AvgIpc) is 2.64. The number of amides is 1. The molecule has 1 saturated heterocycles. The molecule has 0 bridgehead atoms. The Morgan fingerprint density at radius 2 is 2.12 bits per heavy atom. The van der Waals surface area contributed by atoms with Crippen LogP contribution in [0, 0.1) is 11.3 Å². The van der Waals surface area contributed by atoms with Crippen molar-refractivity contribution in [3.63, 3.8) is 0 Å². The third kappa shape index (κ3) is 3.86. The molecular weight excluding hydrogens is 308 g/mol. The molecule has 7 nitrogen and oxygen atoms in total. The molecule has 2 atom stereocenters. The summed E-state index contributed by atoms with van der Waals surface area (Å²) in [4.78, 5) is 12.3.